The number of fused-ring (bicyclic) bond motifs is 4. The highest BCUT2D eigenvalue weighted by Gasteiger charge is 2.43. The van der Waals surface area contributed by atoms with E-state index in [-0.39, 0.29) is 93.6 Å². The molecule has 21 heteroatoms. The average molecular weight is 1410 g/mol. The molecule has 5 rings (SSSR count). The summed E-state index contributed by atoms with van der Waals surface area (Å²) >= 11 is 0. The Kier molecular flexibility index (Phi) is 37.7. The smallest absolute Gasteiger partial charge is 0.331 e. The Morgan fingerprint density at radius 1 is 0.475 bits per heavy atom. The summed E-state index contributed by atoms with van der Waals surface area (Å²) < 4.78 is 61.1. The molecule has 9 N–H and O–H groups in total. The first kappa shape index (κ1) is 86.3. The number of rotatable bonds is 16. The molecule has 5 aliphatic heterocycles. The maximum Gasteiger partial charge on any atom is 0.331 e. The first-order valence-corrected chi connectivity index (χ1v) is 37.1. The summed E-state index contributed by atoms with van der Waals surface area (Å²) in [5.74, 6) is -6.08. The Bertz CT molecular complexity index is 2520. The minimum absolute atomic E-state index is 0.0334. The lowest BCUT2D eigenvalue weighted by Crippen LogP contribution is -2.47. The number of ether oxygens (including phenoxy) is 10. The van der Waals surface area contributed by atoms with Gasteiger partial charge in [0.25, 0.3) is 0 Å². The molecule has 99 heavy (non-hydrogen) atoms. The molecule has 31 atom stereocenters. The van der Waals surface area contributed by atoms with Crippen molar-refractivity contribution in [2.45, 2.75) is 333 Å². The molecular formula is C78H132O21. The van der Waals surface area contributed by atoms with Crippen LogP contribution in [0.15, 0.2) is 71.9 Å². The van der Waals surface area contributed by atoms with Crippen LogP contribution in [0.1, 0.15) is 192 Å². The number of hydrogen-bond donors (Lipinski definition) is 9. The molecule has 21 nitrogen and oxygen atoms in total. The molecule has 570 valence electrons. The van der Waals surface area contributed by atoms with E-state index in [9.17, 15) is 55.5 Å². The summed E-state index contributed by atoms with van der Waals surface area (Å²) in [5, 5.41) is 106. The fraction of sp³-hybridized carbons (Fsp3) is 0.821. The summed E-state index contributed by atoms with van der Waals surface area (Å²) in [4.78, 5) is 27.8. The van der Waals surface area contributed by atoms with E-state index in [1.807, 2.05) is 78.8 Å². The van der Waals surface area contributed by atoms with Gasteiger partial charge in [0.05, 0.1) is 128 Å². The monoisotopic (exact) mass is 1400 g/mol. The molecule has 4 bridgehead atoms. The minimum atomic E-state index is -1.22. The van der Waals surface area contributed by atoms with Crippen LogP contribution in [0.5, 0.6) is 0 Å². The number of hydrogen-bond acceptors (Lipinski definition) is 21. The van der Waals surface area contributed by atoms with E-state index in [2.05, 4.69) is 0 Å². The minimum Gasteiger partial charge on any atom is -0.458 e. The van der Waals surface area contributed by atoms with E-state index in [0.29, 0.717) is 62.5 Å². The molecule has 0 spiro atoms. The van der Waals surface area contributed by atoms with E-state index in [1.54, 1.807) is 81.3 Å². The van der Waals surface area contributed by atoms with Gasteiger partial charge in [-0.25, -0.2) is 9.59 Å². The summed E-state index contributed by atoms with van der Waals surface area (Å²) in [6, 6.07) is 0. The lowest BCUT2D eigenvalue weighted by atomic mass is 9.78. The van der Waals surface area contributed by atoms with Crippen molar-refractivity contribution in [3.05, 3.63) is 71.9 Å². The van der Waals surface area contributed by atoms with E-state index in [0.717, 1.165) is 12.8 Å². The first-order chi connectivity index (χ1) is 46.8. The van der Waals surface area contributed by atoms with Gasteiger partial charge in [0.2, 0.25) is 0 Å². The van der Waals surface area contributed by atoms with Crippen LogP contribution < -0.4 is 0 Å². The molecule has 2 fully saturated rings. The van der Waals surface area contributed by atoms with Crippen molar-refractivity contribution >= 4 is 11.9 Å². The number of allylic oxidation sites excluding steroid dienone is 4. The van der Waals surface area contributed by atoms with Gasteiger partial charge in [0.15, 0.2) is 0 Å². The number of carbonyl (C=O) groups is 2. The maximum atomic E-state index is 13.9. The zero-order valence-corrected chi connectivity index (χ0v) is 62.6. The quantitative estimate of drug-likeness (QED) is 0.0514. The van der Waals surface area contributed by atoms with Gasteiger partial charge in [-0.15, -0.1) is 0 Å². The highest BCUT2D eigenvalue weighted by Crippen LogP contribution is 2.37. The molecule has 0 aromatic heterocycles. The van der Waals surface area contributed by atoms with E-state index >= 15 is 0 Å². The van der Waals surface area contributed by atoms with Crippen LogP contribution in [0, 0.1) is 47.3 Å². The van der Waals surface area contributed by atoms with Gasteiger partial charge in [-0.2, -0.15) is 0 Å². The van der Waals surface area contributed by atoms with Gasteiger partial charge in [-0.1, -0.05) is 115 Å². The number of esters is 2. The van der Waals surface area contributed by atoms with Crippen molar-refractivity contribution in [2.24, 2.45) is 47.3 Å². The third-order valence-electron chi connectivity index (χ3n) is 22.3. The van der Waals surface area contributed by atoms with Gasteiger partial charge in [0.1, 0.15) is 12.2 Å². The second kappa shape index (κ2) is 43.2. The highest BCUT2D eigenvalue weighted by molar-refractivity contribution is 5.83. The predicted molar refractivity (Wildman–Crippen MR) is 379 cm³/mol. The third kappa shape index (κ3) is 28.3. The second-order valence-electron chi connectivity index (χ2n) is 30.5. The van der Waals surface area contributed by atoms with E-state index < -0.39 is 151 Å². The second-order valence-corrected chi connectivity index (χ2v) is 30.5. The summed E-state index contributed by atoms with van der Waals surface area (Å²) in [6.07, 6.45) is 9.95. The topological polar surface area (TPSA) is 309 Å². The van der Waals surface area contributed by atoms with Crippen molar-refractivity contribution < 1.29 is 103 Å². The molecule has 0 radical (unpaired) electrons. The van der Waals surface area contributed by atoms with Crippen molar-refractivity contribution in [1.29, 1.82) is 0 Å². The number of cyclic esters (lactones) is 2. The molecule has 5 aliphatic rings. The number of carbonyl (C=O) groups excluding carboxylic acids is 2. The molecular weight excluding hydrogens is 1270 g/mol. The van der Waals surface area contributed by atoms with Crippen LogP contribution in [0.4, 0.5) is 0 Å². The third-order valence-corrected chi connectivity index (χ3v) is 22.3. The average Bonchev–Trinajstić information content (AvgIpc) is 0.846. The lowest BCUT2D eigenvalue weighted by Gasteiger charge is -2.39. The molecule has 4 unspecified atom stereocenters. The number of methoxy groups -OCH3 is 4. The van der Waals surface area contributed by atoms with Crippen LogP contribution >= 0.6 is 0 Å². The molecule has 2 saturated heterocycles. The molecule has 0 aliphatic carbocycles. The maximum absolute atomic E-state index is 13.9. The van der Waals surface area contributed by atoms with Gasteiger partial charge in [-0.05, 0) is 117 Å². The van der Waals surface area contributed by atoms with Crippen molar-refractivity contribution in [3.8, 4) is 0 Å². The van der Waals surface area contributed by atoms with Crippen molar-refractivity contribution in [1.82, 2.24) is 0 Å². The van der Waals surface area contributed by atoms with Gasteiger partial charge < -0.3 is 93.3 Å². The Morgan fingerprint density at radius 3 is 1.32 bits per heavy atom. The Labute approximate surface area is 592 Å². The van der Waals surface area contributed by atoms with Crippen LogP contribution in [0.25, 0.3) is 0 Å². The van der Waals surface area contributed by atoms with Gasteiger partial charge >= 0.3 is 11.9 Å². The fourth-order valence-corrected chi connectivity index (χ4v) is 15.4. The van der Waals surface area contributed by atoms with Gasteiger partial charge in [0, 0.05) is 108 Å². The molecule has 0 aromatic rings. The number of aliphatic hydroxyl groups excluding tert-OH is 9. The van der Waals surface area contributed by atoms with Crippen LogP contribution in [0.3, 0.4) is 0 Å². The highest BCUT2D eigenvalue weighted by atomic mass is 16.6. The molecule has 0 saturated carbocycles. The zero-order chi connectivity index (χ0) is 73.4. The van der Waals surface area contributed by atoms with E-state index in [1.165, 1.54) is 12.2 Å². The van der Waals surface area contributed by atoms with Crippen LogP contribution in [-0.4, -0.2) is 227 Å². The summed E-state index contributed by atoms with van der Waals surface area (Å²) in [6.45, 7) is 22.1. The zero-order valence-electron chi connectivity index (χ0n) is 62.6. The van der Waals surface area contributed by atoms with Crippen molar-refractivity contribution in [3.63, 3.8) is 0 Å². The normalized spacial score (nSPS) is 41.1. The summed E-state index contributed by atoms with van der Waals surface area (Å²) in [5.41, 5.74) is 1.35. The largest absolute Gasteiger partial charge is 0.458 e. The Balaban J connectivity index is 1.37. The standard InChI is InChI=1S/C78H132O21/c1-44-23-28-56(79)36-58-20-18-22-61(97-58)40-71(93-16)51(8)66(82)43-68(84)53(10)78(55(12)76(89)47(4)33-69(85)72-41-64(91-14)35-49(6)95-72)99-74(87)32-26-45(2)24-29-57(80)37-59-19-17-21-60(96-59)39-70(92-15)50(7)65(81)42-67(83)52(9)77(98-73(86)31-25-44)54(11)75(88)46(3)27-30-62-38-63(90-13)34-48(5)94-62/h17-20,23-26,31-32,46-72,75-85,88-89H,21-22,27-30,33-43H2,1-16H3/b31-25+,32-26+,44-23+,45-24+/t46-,47-,48-,49-,50-,51-,52-,53-,54-,55-,56-,57-,58-,59-,60?,61?,62?,63+,64+,65-,66-,67+,68+,69-,70-,71-,72?,75-,76-,77-,78-/m0/s1. The van der Waals surface area contributed by atoms with E-state index in [4.69, 9.17) is 47.4 Å². The molecule has 5 heterocycles. The molecule has 0 amide bonds. The SMILES string of the molecule is CO[C@H]1CC(CC[C@H](C)[C@H](O)[C@H](C)[C@H]2OC(=O)/C=C/C(C)=C/C[C@H](O)C[C@@H]3C=CCC(C[C@H](OC)[C@@H](C)[C@@H](O)C[C@@H](O)[C@H](C)[C@@H]([C@@H](C)[C@@H](O)[C@@H](C)C[C@H](O)C4C[C@H](OC)C[C@H](C)O4)OC(=O)/C=C/C(C)=C/C[C@H](O)C[C@@H]4C=CCC(C[C@H](OC)[C@@H](C)[C@@H](O)C[C@@H](O)[C@@H]2C)O4)O3)O[C@@H](C)C1. The van der Waals surface area contributed by atoms with Crippen LogP contribution in [-0.2, 0) is 57.0 Å². The predicted octanol–water partition coefficient (Wildman–Crippen LogP) is 9.08. The van der Waals surface area contributed by atoms with Crippen molar-refractivity contribution in [2.75, 3.05) is 28.4 Å². The fourth-order valence-electron chi connectivity index (χ4n) is 15.4. The van der Waals surface area contributed by atoms with Crippen LogP contribution in [0.2, 0.25) is 0 Å². The number of aliphatic hydroxyl groups is 9. The Morgan fingerprint density at radius 2 is 0.889 bits per heavy atom. The summed E-state index contributed by atoms with van der Waals surface area (Å²) in [7, 11) is 6.48. The van der Waals surface area contributed by atoms with Gasteiger partial charge in [-0.3, -0.25) is 0 Å². The Hall–Kier alpha value is -3.30. The lowest BCUT2D eigenvalue weighted by molar-refractivity contribution is -0.160. The molecule has 0 aromatic carbocycles. The first-order valence-electron chi connectivity index (χ1n) is 37.1.